The second-order valence-electron chi connectivity index (χ2n) is 7.46. The van der Waals surface area contributed by atoms with Crippen molar-refractivity contribution in [3.63, 3.8) is 0 Å². The van der Waals surface area contributed by atoms with Crippen molar-refractivity contribution in [1.82, 2.24) is 10.3 Å². The highest BCUT2D eigenvalue weighted by molar-refractivity contribution is 5.97. The molecular formula is C20H26N2O3. The van der Waals surface area contributed by atoms with Crippen LogP contribution in [0.2, 0.25) is 0 Å². The first-order chi connectivity index (χ1) is 11.9. The predicted molar refractivity (Wildman–Crippen MR) is 97.6 cm³/mol. The number of amides is 1. The van der Waals surface area contributed by atoms with Crippen molar-refractivity contribution in [2.45, 2.75) is 40.0 Å². The molecule has 25 heavy (non-hydrogen) atoms. The van der Waals surface area contributed by atoms with Gasteiger partial charge in [-0.05, 0) is 54.9 Å². The molecule has 134 valence electrons. The Morgan fingerprint density at radius 1 is 1.36 bits per heavy atom. The molecule has 1 aromatic carbocycles. The number of nitrogens with one attached hydrogen (secondary N) is 2. The number of hydrogen-bond donors (Lipinski definition) is 2. The highest BCUT2D eigenvalue weighted by atomic mass is 16.5. The molecule has 3 rings (SSSR count). The summed E-state index contributed by atoms with van der Waals surface area (Å²) in [7, 11) is 0. The second-order valence-corrected chi connectivity index (χ2v) is 7.46. The van der Waals surface area contributed by atoms with Gasteiger partial charge in [-0.15, -0.1) is 0 Å². The Hall–Kier alpha value is -2.30. The molecule has 0 saturated carbocycles. The lowest BCUT2D eigenvalue weighted by Gasteiger charge is -2.18. The number of aromatic nitrogens is 1. The predicted octanol–water partition coefficient (Wildman–Crippen LogP) is 3.22. The van der Waals surface area contributed by atoms with Crippen LogP contribution >= 0.6 is 0 Å². The summed E-state index contributed by atoms with van der Waals surface area (Å²) in [5.74, 6) is 0.298. The third kappa shape index (κ3) is 4.03. The topological polar surface area (TPSA) is 71.2 Å². The van der Waals surface area contributed by atoms with E-state index in [1.165, 1.54) is 17.7 Å². The number of aryl methyl sites for hydroxylation is 1. The molecular weight excluding hydrogens is 316 g/mol. The monoisotopic (exact) mass is 342 g/mol. The maximum Gasteiger partial charge on any atom is 0.338 e. The minimum absolute atomic E-state index is 0.244. The molecule has 0 fully saturated rings. The van der Waals surface area contributed by atoms with Crippen molar-refractivity contribution < 1.29 is 14.3 Å². The average Bonchev–Trinajstić information content (AvgIpc) is 2.94. The lowest BCUT2D eigenvalue weighted by Crippen LogP contribution is -2.31. The number of rotatable bonds is 5. The zero-order chi connectivity index (χ0) is 18.0. The smallest absolute Gasteiger partial charge is 0.338 e. The molecule has 0 bridgehead atoms. The van der Waals surface area contributed by atoms with Gasteiger partial charge in [-0.2, -0.15) is 0 Å². The number of aromatic amines is 1. The van der Waals surface area contributed by atoms with Gasteiger partial charge in [0.25, 0.3) is 5.91 Å². The lowest BCUT2D eigenvalue weighted by molar-refractivity contribution is -0.124. The average molecular weight is 342 g/mol. The quantitative estimate of drug-likeness (QED) is 0.820. The van der Waals surface area contributed by atoms with E-state index in [1.807, 2.05) is 26.0 Å². The van der Waals surface area contributed by atoms with Gasteiger partial charge in [-0.1, -0.05) is 20.8 Å². The van der Waals surface area contributed by atoms with E-state index in [0.29, 0.717) is 23.9 Å². The Bertz CT molecular complexity index is 792. The Morgan fingerprint density at radius 3 is 2.92 bits per heavy atom. The van der Waals surface area contributed by atoms with E-state index in [0.717, 1.165) is 23.7 Å². The van der Waals surface area contributed by atoms with Crippen LogP contribution < -0.4 is 5.32 Å². The van der Waals surface area contributed by atoms with Crippen LogP contribution in [0.3, 0.4) is 0 Å². The Morgan fingerprint density at radius 2 is 2.16 bits per heavy atom. The Kier molecular flexibility index (Phi) is 5.11. The van der Waals surface area contributed by atoms with Crippen molar-refractivity contribution >= 4 is 22.8 Å². The highest BCUT2D eigenvalue weighted by Crippen LogP contribution is 2.32. The SMILES string of the molecule is CC(C)CNC(=O)COC(=O)c1ccc2[nH]c3c(c2c1)CC(C)CC3. The van der Waals surface area contributed by atoms with Crippen molar-refractivity contribution in [1.29, 1.82) is 0 Å². The molecule has 1 amide bonds. The van der Waals surface area contributed by atoms with Gasteiger partial charge < -0.3 is 15.0 Å². The van der Waals surface area contributed by atoms with Crippen molar-refractivity contribution in [2.24, 2.45) is 11.8 Å². The molecule has 0 spiro atoms. The number of carbonyl (C=O) groups excluding carboxylic acids is 2. The molecule has 1 heterocycles. The summed E-state index contributed by atoms with van der Waals surface area (Å²) in [5.41, 5.74) is 4.15. The summed E-state index contributed by atoms with van der Waals surface area (Å²) < 4.78 is 5.15. The van der Waals surface area contributed by atoms with Gasteiger partial charge in [0.1, 0.15) is 0 Å². The fraction of sp³-hybridized carbons (Fsp3) is 0.500. The normalized spacial score (nSPS) is 16.7. The van der Waals surface area contributed by atoms with Gasteiger partial charge >= 0.3 is 5.97 Å². The van der Waals surface area contributed by atoms with Crippen LogP contribution in [-0.2, 0) is 22.4 Å². The highest BCUT2D eigenvalue weighted by Gasteiger charge is 2.21. The molecule has 1 aliphatic carbocycles. The zero-order valence-corrected chi connectivity index (χ0v) is 15.1. The van der Waals surface area contributed by atoms with Crippen LogP contribution in [0.5, 0.6) is 0 Å². The third-order valence-corrected chi connectivity index (χ3v) is 4.71. The first-order valence-corrected chi connectivity index (χ1v) is 9.01. The van der Waals surface area contributed by atoms with Crippen LogP contribution in [0.1, 0.15) is 48.8 Å². The van der Waals surface area contributed by atoms with E-state index in [4.69, 9.17) is 4.74 Å². The maximum absolute atomic E-state index is 12.3. The van der Waals surface area contributed by atoms with Crippen LogP contribution in [0.15, 0.2) is 18.2 Å². The number of benzene rings is 1. The van der Waals surface area contributed by atoms with Crippen molar-refractivity contribution in [3.8, 4) is 0 Å². The molecule has 1 aliphatic rings. The molecule has 1 atom stereocenters. The second kappa shape index (κ2) is 7.30. The zero-order valence-electron chi connectivity index (χ0n) is 15.1. The van der Waals surface area contributed by atoms with Crippen LogP contribution in [-0.4, -0.2) is 30.0 Å². The Balaban J connectivity index is 1.70. The lowest BCUT2D eigenvalue weighted by atomic mass is 9.87. The molecule has 0 radical (unpaired) electrons. The number of carbonyl (C=O) groups is 2. The fourth-order valence-corrected chi connectivity index (χ4v) is 3.30. The third-order valence-electron chi connectivity index (χ3n) is 4.71. The van der Waals surface area contributed by atoms with E-state index < -0.39 is 5.97 Å². The molecule has 2 aromatic rings. The van der Waals surface area contributed by atoms with E-state index in [-0.39, 0.29) is 12.5 Å². The van der Waals surface area contributed by atoms with Gasteiger partial charge in [0.15, 0.2) is 6.61 Å². The summed E-state index contributed by atoms with van der Waals surface area (Å²) in [6, 6.07) is 5.56. The molecule has 2 N–H and O–H groups in total. The standard InChI is InChI=1S/C20H26N2O3/c1-12(2)10-21-19(23)11-25-20(24)14-5-7-18-16(9-14)15-8-13(3)4-6-17(15)22-18/h5,7,9,12-13,22H,4,6,8,10-11H2,1-3H3,(H,21,23). The summed E-state index contributed by atoms with van der Waals surface area (Å²) >= 11 is 0. The number of H-pyrrole nitrogens is 1. The van der Waals surface area contributed by atoms with Gasteiger partial charge in [0.2, 0.25) is 0 Å². The summed E-state index contributed by atoms with van der Waals surface area (Å²) in [6.45, 7) is 6.62. The summed E-state index contributed by atoms with van der Waals surface area (Å²) in [6.07, 6.45) is 3.28. The van der Waals surface area contributed by atoms with Gasteiger partial charge in [-0.25, -0.2) is 4.79 Å². The number of ether oxygens (including phenoxy) is 1. The van der Waals surface area contributed by atoms with Crippen LogP contribution in [0.4, 0.5) is 0 Å². The minimum Gasteiger partial charge on any atom is -0.452 e. The largest absolute Gasteiger partial charge is 0.452 e. The van der Waals surface area contributed by atoms with E-state index in [1.54, 1.807) is 6.07 Å². The molecule has 5 heteroatoms. The van der Waals surface area contributed by atoms with E-state index in [9.17, 15) is 9.59 Å². The van der Waals surface area contributed by atoms with Crippen LogP contribution in [0.25, 0.3) is 10.9 Å². The molecule has 5 nitrogen and oxygen atoms in total. The van der Waals surface area contributed by atoms with E-state index >= 15 is 0 Å². The van der Waals surface area contributed by atoms with Gasteiger partial charge in [-0.3, -0.25) is 4.79 Å². The van der Waals surface area contributed by atoms with Crippen LogP contribution in [0, 0.1) is 11.8 Å². The summed E-state index contributed by atoms with van der Waals surface area (Å²) in [5, 5.41) is 3.84. The van der Waals surface area contributed by atoms with Gasteiger partial charge in [0, 0.05) is 23.1 Å². The van der Waals surface area contributed by atoms with Gasteiger partial charge in [0.05, 0.1) is 5.56 Å². The molecule has 0 aliphatic heterocycles. The number of esters is 1. The van der Waals surface area contributed by atoms with E-state index in [2.05, 4.69) is 17.2 Å². The molecule has 1 unspecified atom stereocenters. The van der Waals surface area contributed by atoms with Crippen molar-refractivity contribution in [3.05, 3.63) is 35.0 Å². The Labute approximate surface area is 148 Å². The number of fused-ring (bicyclic) bond motifs is 3. The molecule has 0 saturated heterocycles. The first kappa shape index (κ1) is 17.5. The maximum atomic E-state index is 12.3. The summed E-state index contributed by atoms with van der Waals surface area (Å²) in [4.78, 5) is 27.4. The van der Waals surface area contributed by atoms with Crippen molar-refractivity contribution in [2.75, 3.05) is 13.2 Å². The minimum atomic E-state index is -0.458. The number of hydrogen-bond acceptors (Lipinski definition) is 3. The fourth-order valence-electron chi connectivity index (χ4n) is 3.30. The first-order valence-electron chi connectivity index (χ1n) is 9.01. The molecule has 1 aromatic heterocycles.